The summed E-state index contributed by atoms with van der Waals surface area (Å²) in [6, 6.07) is 0. The van der Waals surface area contributed by atoms with Gasteiger partial charge in [-0.05, 0) is 32.1 Å². The van der Waals surface area contributed by atoms with Gasteiger partial charge in [-0.2, -0.15) is 0 Å². The minimum absolute atomic E-state index is 0. The van der Waals surface area contributed by atoms with Gasteiger partial charge in [0.25, 0.3) is 0 Å². The second kappa shape index (κ2) is 31.4. The van der Waals surface area contributed by atoms with Crippen LogP contribution in [0.3, 0.4) is 0 Å². The molecule has 0 spiro atoms. The molecule has 31 heavy (non-hydrogen) atoms. The number of ether oxygens (including phenoxy) is 1. The molecule has 0 aromatic heterocycles. The van der Waals surface area contributed by atoms with Gasteiger partial charge in [0.1, 0.15) is 0 Å². The zero-order valence-electron chi connectivity index (χ0n) is 19.8. The number of methoxy groups -OCH3 is 1. The summed E-state index contributed by atoms with van der Waals surface area (Å²) in [6.45, 7) is 5.43. The Balaban J connectivity index is -0.000000976. The van der Waals surface area contributed by atoms with Gasteiger partial charge >= 0.3 is 35.0 Å². The number of aliphatic carboxylic acids is 1. The molecule has 0 saturated heterocycles. The Bertz CT molecular complexity index is 422. The Morgan fingerprint density at radius 1 is 0.742 bits per heavy atom. The van der Waals surface area contributed by atoms with Crippen LogP contribution in [0.25, 0.3) is 0 Å². The Labute approximate surface area is 208 Å². The van der Waals surface area contributed by atoms with E-state index in [2.05, 4.69) is 30.4 Å². The summed E-state index contributed by atoms with van der Waals surface area (Å²) in [6.07, 6.45) is 28.2. The number of hydrogen-bond donors (Lipinski definition) is 1. The Kier molecular flexibility index (Phi) is 35.2. The quantitative estimate of drug-likeness (QED) is 0.0706. The van der Waals surface area contributed by atoms with Crippen LogP contribution in [0.4, 0.5) is 0 Å². The molecule has 0 rings (SSSR count). The van der Waals surface area contributed by atoms with E-state index in [0.29, 0.717) is 6.42 Å². The van der Waals surface area contributed by atoms with Crippen molar-refractivity contribution in [3.05, 3.63) is 24.8 Å². The smallest absolute Gasteiger partial charge is 0.329 e. The number of allylic oxidation sites excluding steroid dienone is 2. The van der Waals surface area contributed by atoms with Crippen molar-refractivity contribution in [2.75, 3.05) is 7.11 Å². The van der Waals surface area contributed by atoms with E-state index in [1.54, 1.807) is 0 Å². The summed E-state index contributed by atoms with van der Waals surface area (Å²) in [5, 5.41) is 8.55. The van der Waals surface area contributed by atoms with E-state index in [-0.39, 0.29) is 23.1 Å². The van der Waals surface area contributed by atoms with E-state index >= 15 is 0 Å². The van der Waals surface area contributed by atoms with Gasteiger partial charge in [-0.3, -0.25) is 4.79 Å². The molecule has 0 bridgehead atoms. The lowest BCUT2D eigenvalue weighted by Crippen LogP contribution is -1.93. The third-order valence-electron chi connectivity index (χ3n) is 5.02. The van der Waals surface area contributed by atoms with E-state index < -0.39 is 11.9 Å². The molecule has 0 aliphatic rings. The molecular weight excluding hydrogens is 401 g/mol. The first-order valence-corrected chi connectivity index (χ1v) is 12.2. The average Bonchev–Trinajstić information content (AvgIpc) is 2.75. The lowest BCUT2D eigenvalue weighted by Gasteiger charge is -2.01. The molecule has 0 radical (unpaired) electrons. The summed E-state index contributed by atoms with van der Waals surface area (Å²) >= 11 is 0. The highest BCUT2D eigenvalue weighted by Crippen LogP contribution is 2.12. The maximum absolute atomic E-state index is 10.4. The predicted octanol–water partition coefficient (Wildman–Crippen LogP) is 7.10. The van der Waals surface area contributed by atoms with Crippen molar-refractivity contribution in [3.63, 3.8) is 0 Å². The van der Waals surface area contributed by atoms with Crippen molar-refractivity contribution in [1.29, 1.82) is 0 Å². The first-order chi connectivity index (χ1) is 14.6. The number of unbranched alkanes of at least 4 members (excludes halogenated alkanes) is 15. The molecule has 180 valence electrons. The van der Waals surface area contributed by atoms with Crippen molar-refractivity contribution in [1.82, 2.24) is 0 Å². The number of rotatable bonds is 20. The maximum Gasteiger partial charge on any atom is 0.329 e. The zero-order valence-corrected chi connectivity index (χ0v) is 19.8. The van der Waals surface area contributed by atoms with Crippen molar-refractivity contribution < 1.29 is 19.4 Å². The fourth-order valence-electron chi connectivity index (χ4n) is 3.14. The van der Waals surface area contributed by atoms with Gasteiger partial charge in [0.2, 0.25) is 0 Å². The summed E-state index contributed by atoms with van der Waals surface area (Å²) in [7, 11) is 1.31. The number of carboxylic acid groups (broad SMARTS) is 1. The van der Waals surface area contributed by atoms with Gasteiger partial charge in [-0.15, -0.1) is 0 Å². The first kappa shape index (κ1) is 34.8. The van der Waals surface area contributed by atoms with E-state index in [4.69, 9.17) is 5.11 Å². The number of carbonyl (C=O) groups excluding carboxylic acids is 1. The first-order valence-electron chi connectivity index (χ1n) is 12.2. The Hall–Kier alpha value is -0.814. The highest BCUT2D eigenvalue weighted by molar-refractivity contribution is 5.80. The van der Waals surface area contributed by atoms with E-state index in [1.807, 2.05) is 0 Å². The second-order valence-electron chi connectivity index (χ2n) is 7.87. The minimum Gasteiger partial charge on any atom is -0.481 e. The van der Waals surface area contributed by atoms with E-state index in [0.717, 1.165) is 18.9 Å². The van der Waals surface area contributed by atoms with Crippen LogP contribution in [0.1, 0.15) is 122 Å². The van der Waals surface area contributed by atoms with Crippen LogP contribution < -0.4 is 0 Å². The third kappa shape index (κ3) is 36.9. The molecule has 0 fully saturated rings. The molecular formula is C26H50MgO4. The lowest BCUT2D eigenvalue weighted by molar-refractivity contribution is -0.137. The number of esters is 1. The van der Waals surface area contributed by atoms with E-state index in [9.17, 15) is 9.59 Å². The second-order valence-corrected chi connectivity index (χ2v) is 7.87. The van der Waals surface area contributed by atoms with Crippen molar-refractivity contribution in [3.8, 4) is 0 Å². The van der Waals surface area contributed by atoms with E-state index in [1.165, 1.54) is 103 Å². The average molecular weight is 451 g/mol. The van der Waals surface area contributed by atoms with Crippen molar-refractivity contribution in [2.45, 2.75) is 122 Å². The third-order valence-corrected chi connectivity index (χ3v) is 5.02. The molecule has 0 heterocycles. The highest BCUT2D eigenvalue weighted by Gasteiger charge is 1.96. The molecule has 0 aromatic rings. The summed E-state index contributed by atoms with van der Waals surface area (Å²) in [4.78, 5) is 20.2. The fraction of sp³-hybridized carbons (Fsp3) is 0.769. The standard InChI is InChI=1S/C22H42O2.C4H6O2.Mg.2H/c1-2-3-4-5-6-7-8-9-10-11-12-13-14-15-16-17-18-19-20-21-22(23)24;1-3-4(5)6-2;;;/h9-10H,2-8,11-21H2,1H3,(H,23,24);3H,1H2,2H3;;;/b10-9-;;;;. The van der Waals surface area contributed by atoms with Crippen LogP contribution in [-0.2, 0) is 14.3 Å². The summed E-state index contributed by atoms with van der Waals surface area (Å²) < 4.78 is 4.14. The molecule has 0 unspecified atom stereocenters. The van der Waals surface area contributed by atoms with Crippen molar-refractivity contribution in [2.24, 2.45) is 0 Å². The van der Waals surface area contributed by atoms with Crippen LogP contribution in [0, 0.1) is 0 Å². The maximum atomic E-state index is 10.4. The van der Waals surface area contributed by atoms with Crippen LogP contribution >= 0.6 is 0 Å². The molecule has 0 atom stereocenters. The molecule has 0 amide bonds. The topological polar surface area (TPSA) is 63.6 Å². The normalized spacial score (nSPS) is 10.1. The number of hydrogen-bond acceptors (Lipinski definition) is 3. The Morgan fingerprint density at radius 3 is 1.45 bits per heavy atom. The molecule has 5 heteroatoms. The van der Waals surface area contributed by atoms with Gasteiger partial charge in [0.05, 0.1) is 7.11 Å². The SMILES string of the molecule is C=CC(=O)OC.CCCCCCCC/C=C\CCCCCCCCCCCC(=O)O.[MgH2]. The van der Waals surface area contributed by atoms with Gasteiger partial charge in [-0.1, -0.05) is 103 Å². The summed E-state index contributed by atoms with van der Waals surface area (Å²) in [5.41, 5.74) is 0. The lowest BCUT2D eigenvalue weighted by atomic mass is 10.1. The molecule has 0 aromatic carbocycles. The Morgan fingerprint density at radius 2 is 1.13 bits per heavy atom. The van der Waals surface area contributed by atoms with Gasteiger partial charge in [0.15, 0.2) is 0 Å². The summed E-state index contributed by atoms with van der Waals surface area (Å²) in [5.74, 6) is -1.05. The largest absolute Gasteiger partial charge is 0.481 e. The number of carbonyl (C=O) groups is 2. The van der Waals surface area contributed by atoms with Gasteiger partial charge < -0.3 is 9.84 Å². The van der Waals surface area contributed by atoms with Crippen LogP contribution in [0.2, 0.25) is 0 Å². The van der Waals surface area contributed by atoms with Gasteiger partial charge in [-0.25, -0.2) is 4.79 Å². The van der Waals surface area contributed by atoms with Crippen LogP contribution in [0.15, 0.2) is 24.8 Å². The molecule has 0 aliphatic heterocycles. The monoisotopic (exact) mass is 450 g/mol. The zero-order chi connectivity index (χ0) is 22.7. The molecule has 4 nitrogen and oxygen atoms in total. The minimum atomic E-state index is -0.656. The van der Waals surface area contributed by atoms with Crippen LogP contribution in [0.5, 0.6) is 0 Å². The van der Waals surface area contributed by atoms with Crippen molar-refractivity contribution >= 4 is 35.0 Å². The molecule has 0 saturated carbocycles. The van der Waals surface area contributed by atoms with Gasteiger partial charge in [0, 0.05) is 12.5 Å². The molecule has 1 N–H and O–H groups in total. The number of carboxylic acids is 1. The fourth-order valence-corrected chi connectivity index (χ4v) is 3.14. The predicted molar refractivity (Wildman–Crippen MR) is 136 cm³/mol. The van der Waals surface area contributed by atoms with Crippen LogP contribution in [-0.4, -0.2) is 47.2 Å². The molecule has 0 aliphatic carbocycles. The highest BCUT2D eigenvalue weighted by atomic mass is 24.3.